The quantitative estimate of drug-likeness (QED) is 0.796. The molecular weight excluding hydrogens is 228 g/mol. The summed E-state index contributed by atoms with van der Waals surface area (Å²) >= 11 is 0. The molecule has 0 radical (unpaired) electrons. The molecule has 2 aliphatic heterocycles. The standard InChI is InChI=1S/C13H18N4O/c1-2-4-13(5-3-1)16-10-14-17(12-16)11-15-6-8-18-9-7-15/h1-5,10H,6-9,11-12H2. The van der Waals surface area contributed by atoms with Gasteiger partial charge in [-0.1, -0.05) is 18.2 Å². The van der Waals surface area contributed by atoms with Crippen molar-refractivity contribution in [2.24, 2.45) is 5.10 Å². The second-order valence-electron chi connectivity index (χ2n) is 4.56. The monoisotopic (exact) mass is 246 g/mol. The van der Waals surface area contributed by atoms with Crippen LogP contribution in [0.2, 0.25) is 0 Å². The smallest absolute Gasteiger partial charge is 0.117 e. The maximum Gasteiger partial charge on any atom is 0.117 e. The fourth-order valence-electron chi connectivity index (χ4n) is 2.21. The Morgan fingerprint density at radius 1 is 1.11 bits per heavy atom. The lowest BCUT2D eigenvalue weighted by atomic mass is 10.3. The van der Waals surface area contributed by atoms with Gasteiger partial charge >= 0.3 is 0 Å². The highest BCUT2D eigenvalue weighted by atomic mass is 16.5. The normalized spacial score (nSPS) is 20.7. The van der Waals surface area contributed by atoms with Gasteiger partial charge in [0.25, 0.3) is 0 Å². The third-order valence-electron chi connectivity index (χ3n) is 3.22. The van der Waals surface area contributed by atoms with Crippen molar-refractivity contribution >= 4 is 12.0 Å². The summed E-state index contributed by atoms with van der Waals surface area (Å²) in [6.07, 6.45) is 1.90. The number of benzene rings is 1. The van der Waals surface area contributed by atoms with Crippen molar-refractivity contribution in [2.75, 3.05) is 44.5 Å². The molecule has 2 aliphatic rings. The van der Waals surface area contributed by atoms with E-state index in [1.807, 2.05) is 24.5 Å². The summed E-state index contributed by atoms with van der Waals surface area (Å²) in [7, 11) is 0. The topological polar surface area (TPSA) is 31.3 Å². The number of hydrogen-bond donors (Lipinski definition) is 0. The molecule has 2 heterocycles. The van der Waals surface area contributed by atoms with Gasteiger partial charge in [0.05, 0.1) is 19.9 Å². The third-order valence-corrected chi connectivity index (χ3v) is 3.22. The minimum atomic E-state index is 0.821. The Bertz CT molecular complexity index is 403. The van der Waals surface area contributed by atoms with Crippen LogP contribution in [-0.2, 0) is 4.74 Å². The first-order chi connectivity index (χ1) is 8.92. The molecule has 0 saturated carbocycles. The largest absolute Gasteiger partial charge is 0.379 e. The Morgan fingerprint density at radius 3 is 2.67 bits per heavy atom. The van der Waals surface area contributed by atoms with E-state index in [2.05, 4.69) is 32.0 Å². The molecule has 1 saturated heterocycles. The number of hydrazone groups is 1. The summed E-state index contributed by atoms with van der Waals surface area (Å²) in [4.78, 5) is 4.52. The van der Waals surface area contributed by atoms with Gasteiger partial charge in [0.2, 0.25) is 0 Å². The van der Waals surface area contributed by atoms with E-state index in [0.717, 1.165) is 39.6 Å². The van der Waals surface area contributed by atoms with Gasteiger partial charge in [-0.05, 0) is 12.1 Å². The number of morpholine rings is 1. The van der Waals surface area contributed by atoms with Gasteiger partial charge in [-0.25, -0.2) is 0 Å². The molecule has 1 aromatic carbocycles. The summed E-state index contributed by atoms with van der Waals surface area (Å²) in [5.41, 5.74) is 1.19. The highest BCUT2D eigenvalue weighted by Gasteiger charge is 2.19. The fraction of sp³-hybridized carbons (Fsp3) is 0.462. The fourth-order valence-corrected chi connectivity index (χ4v) is 2.21. The molecule has 0 aromatic heterocycles. The highest BCUT2D eigenvalue weighted by Crippen LogP contribution is 2.16. The molecule has 0 aliphatic carbocycles. The van der Waals surface area contributed by atoms with Crippen molar-refractivity contribution in [1.29, 1.82) is 0 Å². The van der Waals surface area contributed by atoms with Crippen molar-refractivity contribution in [3.8, 4) is 0 Å². The molecule has 18 heavy (non-hydrogen) atoms. The minimum Gasteiger partial charge on any atom is -0.379 e. The summed E-state index contributed by atoms with van der Waals surface area (Å²) in [6, 6.07) is 10.3. The van der Waals surface area contributed by atoms with Crippen LogP contribution in [-0.4, -0.2) is 55.9 Å². The summed E-state index contributed by atoms with van der Waals surface area (Å²) < 4.78 is 5.35. The lowest BCUT2D eigenvalue weighted by molar-refractivity contribution is 0.0126. The van der Waals surface area contributed by atoms with E-state index in [-0.39, 0.29) is 0 Å². The molecule has 0 atom stereocenters. The Morgan fingerprint density at radius 2 is 1.89 bits per heavy atom. The molecule has 96 valence electrons. The van der Waals surface area contributed by atoms with Gasteiger partial charge in [-0.2, -0.15) is 5.10 Å². The Kier molecular flexibility index (Phi) is 3.43. The molecule has 1 aromatic rings. The predicted octanol–water partition coefficient (Wildman–Crippen LogP) is 0.999. The average molecular weight is 246 g/mol. The Hall–Kier alpha value is -1.59. The highest BCUT2D eigenvalue weighted by molar-refractivity contribution is 5.80. The van der Waals surface area contributed by atoms with Gasteiger partial charge in [0.1, 0.15) is 13.0 Å². The molecule has 0 amide bonds. The van der Waals surface area contributed by atoms with Crippen molar-refractivity contribution in [2.45, 2.75) is 0 Å². The van der Waals surface area contributed by atoms with Crippen LogP contribution >= 0.6 is 0 Å². The summed E-state index contributed by atoms with van der Waals surface area (Å²) in [5.74, 6) is 0. The predicted molar refractivity (Wildman–Crippen MR) is 71.4 cm³/mol. The summed E-state index contributed by atoms with van der Waals surface area (Å²) in [5, 5.41) is 6.52. The zero-order valence-corrected chi connectivity index (χ0v) is 10.4. The molecule has 0 spiro atoms. The van der Waals surface area contributed by atoms with E-state index in [0.29, 0.717) is 0 Å². The number of nitrogens with zero attached hydrogens (tertiary/aromatic N) is 4. The van der Waals surface area contributed by atoms with Gasteiger partial charge in [0, 0.05) is 18.8 Å². The zero-order chi connectivity index (χ0) is 12.2. The Labute approximate surface area is 107 Å². The van der Waals surface area contributed by atoms with E-state index in [1.54, 1.807) is 0 Å². The van der Waals surface area contributed by atoms with Crippen LogP contribution in [0.15, 0.2) is 35.4 Å². The van der Waals surface area contributed by atoms with E-state index >= 15 is 0 Å². The van der Waals surface area contributed by atoms with Crippen molar-refractivity contribution < 1.29 is 4.74 Å². The SMILES string of the molecule is C1=NN(CN2CCOCC2)CN1c1ccccc1. The maximum atomic E-state index is 5.35. The lowest BCUT2D eigenvalue weighted by Crippen LogP contribution is -2.43. The molecule has 5 nitrogen and oxygen atoms in total. The van der Waals surface area contributed by atoms with Gasteiger partial charge in [-0.15, -0.1) is 0 Å². The van der Waals surface area contributed by atoms with E-state index in [1.165, 1.54) is 5.69 Å². The van der Waals surface area contributed by atoms with Gasteiger partial charge in [-0.3, -0.25) is 9.91 Å². The summed E-state index contributed by atoms with van der Waals surface area (Å²) in [6.45, 7) is 5.36. The molecule has 1 fully saturated rings. The molecule has 0 N–H and O–H groups in total. The van der Waals surface area contributed by atoms with Crippen molar-refractivity contribution in [1.82, 2.24) is 9.91 Å². The van der Waals surface area contributed by atoms with Crippen LogP contribution in [0.5, 0.6) is 0 Å². The molecule has 3 rings (SSSR count). The van der Waals surface area contributed by atoms with Crippen LogP contribution in [0.4, 0.5) is 5.69 Å². The molecular formula is C13H18N4O. The van der Waals surface area contributed by atoms with Crippen LogP contribution in [0, 0.1) is 0 Å². The molecule has 5 heteroatoms. The molecule has 0 unspecified atom stereocenters. The van der Waals surface area contributed by atoms with Crippen LogP contribution < -0.4 is 4.90 Å². The first-order valence-corrected chi connectivity index (χ1v) is 6.33. The van der Waals surface area contributed by atoms with Gasteiger partial charge in [0.15, 0.2) is 0 Å². The third kappa shape index (κ3) is 2.63. The van der Waals surface area contributed by atoms with Gasteiger partial charge < -0.3 is 9.64 Å². The maximum absolute atomic E-state index is 5.35. The second kappa shape index (κ2) is 5.37. The number of para-hydroxylation sites is 1. The second-order valence-corrected chi connectivity index (χ2v) is 4.56. The zero-order valence-electron chi connectivity index (χ0n) is 10.4. The average Bonchev–Trinajstić information content (AvgIpc) is 2.89. The number of ether oxygens (including phenoxy) is 1. The Balaban J connectivity index is 1.54. The lowest BCUT2D eigenvalue weighted by Gasteiger charge is -2.30. The first-order valence-electron chi connectivity index (χ1n) is 6.33. The number of rotatable bonds is 3. The molecule has 0 bridgehead atoms. The van der Waals surface area contributed by atoms with Crippen LogP contribution in [0.25, 0.3) is 0 Å². The number of anilines is 1. The van der Waals surface area contributed by atoms with Crippen molar-refractivity contribution in [3.63, 3.8) is 0 Å². The van der Waals surface area contributed by atoms with E-state index in [9.17, 15) is 0 Å². The first kappa shape index (κ1) is 11.5. The van der Waals surface area contributed by atoms with Crippen molar-refractivity contribution in [3.05, 3.63) is 30.3 Å². The minimum absolute atomic E-state index is 0.821. The van der Waals surface area contributed by atoms with Crippen LogP contribution in [0.1, 0.15) is 0 Å². The number of hydrogen-bond acceptors (Lipinski definition) is 5. The van der Waals surface area contributed by atoms with E-state index in [4.69, 9.17) is 4.74 Å². The van der Waals surface area contributed by atoms with Crippen LogP contribution in [0.3, 0.4) is 0 Å². The van der Waals surface area contributed by atoms with E-state index < -0.39 is 0 Å².